The normalized spacial score (nSPS) is 19.0. The first-order chi connectivity index (χ1) is 10.6. The van der Waals surface area contributed by atoms with Gasteiger partial charge in [-0.15, -0.1) is 0 Å². The summed E-state index contributed by atoms with van der Waals surface area (Å²) < 4.78 is 1.00. The first kappa shape index (κ1) is 14.3. The molecule has 0 spiro atoms. The van der Waals surface area contributed by atoms with Gasteiger partial charge in [0.1, 0.15) is 12.1 Å². The van der Waals surface area contributed by atoms with Crippen LogP contribution in [0.15, 0.2) is 28.7 Å². The quantitative estimate of drug-likeness (QED) is 0.882. The number of nitrogens with one attached hydrogen (secondary N) is 2. The van der Waals surface area contributed by atoms with Gasteiger partial charge in [-0.2, -0.15) is 10.5 Å². The van der Waals surface area contributed by atoms with Crippen LogP contribution in [0.4, 0.5) is 5.95 Å². The van der Waals surface area contributed by atoms with Gasteiger partial charge in [0.15, 0.2) is 11.4 Å². The fourth-order valence-electron chi connectivity index (χ4n) is 2.37. The predicted molar refractivity (Wildman–Crippen MR) is 81.6 cm³/mol. The highest BCUT2D eigenvalue weighted by molar-refractivity contribution is 9.10. The molecular formula is C15H10BrN5O. The van der Waals surface area contributed by atoms with Crippen LogP contribution in [0.3, 0.4) is 0 Å². The molecule has 2 atom stereocenters. The number of halogens is 1. The van der Waals surface area contributed by atoms with Gasteiger partial charge in [0.25, 0.3) is 0 Å². The number of imidazole rings is 1. The first-order valence-corrected chi connectivity index (χ1v) is 7.38. The van der Waals surface area contributed by atoms with Crippen LogP contribution in [0.25, 0.3) is 0 Å². The van der Waals surface area contributed by atoms with Crippen LogP contribution in [0, 0.1) is 28.6 Å². The molecule has 1 fully saturated rings. The zero-order valence-electron chi connectivity index (χ0n) is 11.3. The van der Waals surface area contributed by atoms with Crippen LogP contribution >= 0.6 is 15.9 Å². The average molecular weight is 356 g/mol. The summed E-state index contributed by atoms with van der Waals surface area (Å²) in [5.74, 6) is 0.0755. The molecule has 0 saturated heterocycles. The Morgan fingerprint density at radius 1 is 1.32 bits per heavy atom. The van der Waals surface area contributed by atoms with Crippen LogP contribution in [0.1, 0.15) is 29.3 Å². The number of benzene rings is 1. The first-order valence-electron chi connectivity index (χ1n) is 6.59. The van der Waals surface area contributed by atoms with Crippen LogP contribution in [0.5, 0.6) is 0 Å². The van der Waals surface area contributed by atoms with E-state index in [-0.39, 0.29) is 35.1 Å². The Balaban J connectivity index is 1.67. The number of aromatic amines is 1. The molecule has 1 heterocycles. The molecule has 7 heteroatoms. The smallest absolute Gasteiger partial charge is 0.230 e. The van der Waals surface area contributed by atoms with E-state index in [1.807, 2.05) is 30.3 Å². The van der Waals surface area contributed by atoms with Crippen molar-refractivity contribution < 1.29 is 4.79 Å². The maximum absolute atomic E-state index is 12.2. The minimum absolute atomic E-state index is 0.0157. The number of nitriles is 2. The highest BCUT2D eigenvalue weighted by Gasteiger charge is 2.44. The third-order valence-corrected chi connectivity index (χ3v) is 4.12. The molecule has 1 aliphatic carbocycles. The molecule has 6 nitrogen and oxygen atoms in total. The molecule has 1 saturated carbocycles. The topological polar surface area (TPSA) is 105 Å². The van der Waals surface area contributed by atoms with E-state index in [1.54, 1.807) is 6.07 Å². The second kappa shape index (κ2) is 5.63. The van der Waals surface area contributed by atoms with Gasteiger partial charge in [0.2, 0.25) is 11.9 Å². The van der Waals surface area contributed by atoms with Crippen LogP contribution in [-0.2, 0) is 4.79 Å². The Morgan fingerprint density at radius 2 is 2.05 bits per heavy atom. The Bertz CT molecular complexity index is 780. The molecule has 1 aromatic carbocycles. The summed E-state index contributed by atoms with van der Waals surface area (Å²) in [5, 5.41) is 20.3. The number of hydrogen-bond donors (Lipinski definition) is 2. The molecule has 2 aromatic rings. The summed E-state index contributed by atoms with van der Waals surface area (Å²) in [6.07, 6.45) is 0.782. The molecule has 3 rings (SSSR count). The monoisotopic (exact) mass is 355 g/mol. The lowest BCUT2D eigenvalue weighted by molar-refractivity contribution is -0.117. The van der Waals surface area contributed by atoms with Crippen molar-refractivity contribution in [1.29, 1.82) is 10.5 Å². The lowest BCUT2D eigenvalue weighted by Crippen LogP contribution is -2.15. The van der Waals surface area contributed by atoms with Crippen LogP contribution in [-0.4, -0.2) is 15.9 Å². The van der Waals surface area contributed by atoms with Gasteiger partial charge < -0.3 is 4.98 Å². The van der Waals surface area contributed by atoms with E-state index in [2.05, 4.69) is 31.2 Å². The largest absolute Gasteiger partial charge is 0.314 e. The molecule has 1 amide bonds. The molecular weight excluding hydrogens is 346 g/mol. The lowest BCUT2D eigenvalue weighted by Gasteiger charge is -2.02. The van der Waals surface area contributed by atoms with Gasteiger partial charge >= 0.3 is 0 Å². The van der Waals surface area contributed by atoms with Crippen molar-refractivity contribution in [2.75, 3.05) is 5.32 Å². The number of nitrogens with zero attached hydrogens (tertiary/aromatic N) is 3. The third-order valence-electron chi connectivity index (χ3n) is 3.59. The lowest BCUT2D eigenvalue weighted by atomic mass is 10.1. The number of amides is 1. The highest BCUT2D eigenvalue weighted by Crippen LogP contribution is 2.48. The van der Waals surface area contributed by atoms with E-state index in [9.17, 15) is 4.79 Å². The van der Waals surface area contributed by atoms with E-state index in [0.717, 1.165) is 16.5 Å². The predicted octanol–water partition coefficient (Wildman–Crippen LogP) is 2.66. The summed E-state index contributed by atoms with van der Waals surface area (Å²) >= 11 is 3.38. The summed E-state index contributed by atoms with van der Waals surface area (Å²) in [7, 11) is 0. The Hall–Kier alpha value is -2.64. The number of carbonyl (C=O) groups is 1. The van der Waals surface area contributed by atoms with E-state index in [1.165, 1.54) is 0 Å². The zero-order valence-corrected chi connectivity index (χ0v) is 12.9. The van der Waals surface area contributed by atoms with Crippen molar-refractivity contribution in [2.24, 2.45) is 5.92 Å². The highest BCUT2D eigenvalue weighted by atomic mass is 79.9. The minimum atomic E-state index is -0.157. The molecule has 22 heavy (non-hydrogen) atoms. The van der Waals surface area contributed by atoms with Crippen LogP contribution in [0.2, 0.25) is 0 Å². The van der Waals surface area contributed by atoms with Crippen molar-refractivity contribution in [3.05, 3.63) is 45.7 Å². The fourth-order valence-corrected chi connectivity index (χ4v) is 2.63. The van der Waals surface area contributed by atoms with Crippen molar-refractivity contribution in [3.63, 3.8) is 0 Å². The Labute approximate surface area is 134 Å². The Morgan fingerprint density at radius 3 is 2.64 bits per heavy atom. The number of aromatic nitrogens is 2. The van der Waals surface area contributed by atoms with Gasteiger partial charge in [-0.25, -0.2) is 4.98 Å². The van der Waals surface area contributed by atoms with Crippen molar-refractivity contribution in [3.8, 4) is 12.1 Å². The number of carbonyl (C=O) groups excluding carboxylic acids is 1. The zero-order chi connectivity index (χ0) is 15.7. The van der Waals surface area contributed by atoms with Gasteiger partial charge in [-0.05, 0) is 30.0 Å². The van der Waals surface area contributed by atoms with E-state index in [0.29, 0.717) is 0 Å². The Kier molecular flexibility index (Phi) is 3.66. The second-order valence-electron chi connectivity index (χ2n) is 5.02. The molecule has 108 valence electrons. The number of H-pyrrole nitrogens is 1. The molecule has 1 aromatic heterocycles. The van der Waals surface area contributed by atoms with Gasteiger partial charge in [-0.1, -0.05) is 28.1 Å². The molecule has 2 unspecified atom stereocenters. The number of hydrogen-bond acceptors (Lipinski definition) is 4. The molecule has 0 bridgehead atoms. The van der Waals surface area contributed by atoms with Crippen molar-refractivity contribution >= 4 is 27.8 Å². The molecule has 1 aliphatic rings. The summed E-state index contributed by atoms with van der Waals surface area (Å²) in [6.45, 7) is 0. The van der Waals surface area contributed by atoms with E-state index >= 15 is 0 Å². The second-order valence-corrected chi connectivity index (χ2v) is 5.94. The standard InChI is InChI=1S/C15H10BrN5O/c16-9-3-1-8(2-4-9)10-5-11(10)14(22)21-15-19-12(6-17)13(7-18)20-15/h1-4,10-11H,5H2,(H2,19,20,21,22). The minimum Gasteiger partial charge on any atom is -0.314 e. The van der Waals surface area contributed by atoms with Crippen molar-refractivity contribution in [2.45, 2.75) is 12.3 Å². The maximum atomic E-state index is 12.2. The van der Waals surface area contributed by atoms with Gasteiger partial charge in [0.05, 0.1) is 0 Å². The van der Waals surface area contributed by atoms with E-state index in [4.69, 9.17) is 10.5 Å². The summed E-state index contributed by atoms with van der Waals surface area (Å²) in [5.41, 5.74) is 1.16. The average Bonchev–Trinajstić information content (AvgIpc) is 3.22. The molecule has 0 radical (unpaired) electrons. The maximum Gasteiger partial charge on any atom is 0.230 e. The van der Waals surface area contributed by atoms with Crippen LogP contribution < -0.4 is 5.32 Å². The van der Waals surface area contributed by atoms with Gasteiger partial charge in [0, 0.05) is 10.4 Å². The molecule has 0 aliphatic heterocycles. The SMILES string of the molecule is N#Cc1nc(NC(=O)C2CC2c2ccc(Br)cc2)[nH]c1C#N. The summed E-state index contributed by atoms with van der Waals surface area (Å²) in [6, 6.07) is 11.5. The number of rotatable bonds is 3. The fraction of sp³-hybridized carbons (Fsp3) is 0.200. The van der Waals surface area contributed by atoms with E-state index < -0.39 is 0 Å². The van der Waals surface area contributed by atoms with Gasteiger partial charge in [-0.3, -0.25) is 10.1 Å². The number of anilines is 1. The molecule has 2 N–H and O–H groups in total. The van der Waals surface area contributed by atoms with Crippen molar-refractivity contribution in [1.82, 2.24) is 9.97 Å². The summed E-state index contributed by atoms with van der Waals surface area (Å²) in [4.78, 5) is 18.7. The third kappa shape index (κ3) is 2.72.